The molecular formula is C21H23NO4. The van der Waals surface area contributed by atoms with Crippen molar-refractivity contribution in [3.63, 3.8) is 0 Å². The number of carboxylic acids is 1. The molecule has 26 heavy (non-hydrogen) atoms. The van der Waals surface area contributed by atoms with E-state index < -0.39 is 5.97 Å². The number of carbonyl (C=O) groups is 2. The lowest BCUT2D eigenvalue weighted by Gasteiger charge is -2.28. The third-order valence-electron chi connectivity index (χ3n) is 4.71. The Hall–Kier alpha value is -2.82. The highest BCUT2D eigenvalue weighted by molar-refractivity contribution is 5.87. The highest BCUT2D eigenvalue weighted by atomic mass is 16.5. The van der Waals surface area contributed by atoms with Gasteiger partial charge in [0.2, 0.25) is 5.91 Å². The second-order valence-corrected chi connectivity index (χ2v) is 6.45. The highest BCUT2D eigenvalue weighted by Crippen LogP contribution is 2.35. The fourth-order valence-corrected chi connectivity index (χ4v) is 3.26. The van der Waals surface area contributed by atoms with Gasteiger partial charge in [0.15, 0.2) is 0 Å². The van der Waals surface area contributed by atoms with Crippen LogP contribution in [0.3, 0.4) is 0 Å². The fourth-order valence-electron chi connectivity index (χ4n) is 3.26. The molecule has 1 unspecified atom stereocenters. The molecule has 5 nitrogen and oxygen atoms in total. The molecule has 2 aromatic rings. The van der Waals surface area contributed by atoms with Crippen LogP contribution in [-0.4, -0.2) is 23.6 Å². The number of aryl methyl sites for hydroxylation is 2. The summed E-state index contributed by atoms with van der Waals surface area (Å²) in [7, 11) is 0. The number of fused-ring (bicyclic) bond motifs is 1. The molecule has 1 atom stereocenters. The first-order valence-corrected chi connectivity index (χ1v) is 8.94. The van der Waals surface area contributed by atoms with E-state index in [1.54, 1.807) is 24.3 Å². The molecule has 1 aliphatic heterocycles. The number of carbonyl (C=O) groups excluding carboxylic acids is 1. The van der Waals surface area contributed by atoms with Gasteiger partial charge in [0.25, 0.3) is 0 Å². The zero-order valence-corrected chi connectivity index (χ0v) is 14.8. The Balaban J connectivity index is 1.60. The largest absolute Gasteiger partial charge is 0.493 e. The lowest BCUT2D eigenvalue weighted by atomic mass is 9.96. The predicted octanol–water partition coefficient (Wildman–Crippen LogP) is 3.52. The van der Waals surface area contributed by atoms with Gasteiger partial charge in [0.05, 0.1) is 18.2 Å². The van der Waals surface area contributed by atoms with Crippen LogP contribution in [0.2, 0.25) is 0 Å². The van der Waals surface area contributed by atoms with E-state index >= 15 is 0 Å². The second kappa shape index (κ2) is 8.04. The average molecular weight is 353 g/mol. The minimum Gasteiger partial charge on any atom is -0.493 e. The van der Waals surface area contributed by atoms with Crippen LogP contribution in [0.15, 0.2) is 42.5 Å². The summed E-state index contributed by atoms with van der Waals surface area (Å²) in [6, 6.07) is 12.7. The van der Waals surface area contributed by atoms with Crippen LogP contribution in [-0.2, 0) is 17.6 Å². The van der Waals surface area contributed by atoms with Crippen LogP contribution in [0.5, 0.6) is 5.75 Å². The Labute approximate surface area is 153 Å². The van der Waals surface area contributed by atoms with Crippen molar-refractivity contribution in [3.05, 3.63) is 64.7 Å². The summed E-state index contributed by atoms with van der Waals surface area (Å²) in [6.45, 7) is 2.70. The van der Waals surface area contributed by atoms with E-state index in [1.165, 1.54) is 5.56 Å². The van der Waals surface area contributed by atoms with E-state index in [4.69, 9.17) is 9.84 Å². The standard InChI is InChI=1S/C21H23NO4/c1-2-15-4-3-5-17-18(12-13-26-20(15)17)22-19(23)11-8-14-6-9-16(10-7-14)21(24)25/h3-7,9-10,18H,2,8,11-13H2,1H3,(H,22,23)(H,24,25). The number of carboxylic acid groups (broad SMARTS) is 1. The molecule has 2 aromatic carbocycles. The molecule has 0 fully saturated rings. The van der Waals surface area contributed by atoms with E-state index in [0.717, 1.165) is 29.7 Å². The number of benzene rings is 2. The van der Waals surface area contributed by atoms with E-state index in [2.05, 4.69) is 18.3 Å². The van der Waals surface area contributed by atoms with Gasteiger partial charge in [-0.15, -0.1) is 0 Å². The van der Waals surface area contributed by atoms with Gasteiger partial charge >= 0.3 is 5.97 Å². The van der Waals surface area contributed by atoms with Gasteiger partial charge in [-0.1, -0.05) is 37.3 Å². The summed E-state index contributed by atoms with van der Waals surface area (Å²) >= 11 is 0. The summed E-state index contributed by atoms with van der Waals surface area (Å²) < 4.78 is 5.82. The molecule has 0 spiro atoms. The van der Waals surface area contributed by atoms with Crippen LogP contribution in [0.25, 0.3) is 0 Å². The minimum atomic E-state index is -0.945. The first kappa shape index (κ1) is 18.0. The smallest absolute Gasteiger partial charge is 0.335 e. The fraction of sp³-hybridized carbons (Fsp3) is 0.333. The first-order valence-electron chi connectivity index (χ1n) is 8.94. The lowest BCUT2D eigenvalue weighted by Crippen LogP contribution is -2.32. The monoisotopic (exact) mass is 353 g/mol. The zero-order chi connectivity index (χ0) is 18.5. The second-order valence-electron chi connectivity index (χ2n) is 6.45. The van der Waals surface area contributed by atoms with Crippen LogP contribution in [0.1, 0.15) is 52.9 Å². The number of rotatable bonds is 6. The lowest BCUT2D eigenvalue weighted by molar-refractivity contribution is -0.122. The third-order valence-corrected chi connectivity index (χ3v) is 4.71. The van der Waals surface area contributed by atoms with Crippen LogP contribution < -0.4 is 10.1 Å². The summed E-state index contributed by atoms with van der Waals surface area (Å²) in [5.74, 6) is -0.0400. The summed E-state index contributed by atoms with van der Waals surface area (Å²) in [5.41, 5.74) is 3.42. The summed E-state index contributed by atoms with van der Waals surface area (Å²) in [5, 5.41) is 12.0. The third kappa shape index (κ3) is 4.04. The zero-order valence-electron chi connectivity index (χ0n) is 14.8. The van der Waals surface area contributed by atoms with Crippen molar-refractivity contribution in [3.8, 4) is 5.75 Å². The van der Waals surface area contributed by atoms with E-state index in [-0.39, 0.29) is 17.5 Å². The van der Waals surface area contributed by atoms with Crippen molar-refractivity contribution in [1.82, 2.24) is 5.32 Å². The molecule has 136 valence electrons. The number of nitrogens with one attached hydrogen (secondary N) is 1. The molecule has 0 aromatic heterocycles. The predicted molar refractivity (Wildman–Crippen MR) is 98.5 cm³/mol. The minimum absolute atomic E-state index is 0.00735. The SMILES string of the molecule is CCc1cccc2c1OCCC2NC(=O)CCc1ccc(C(=O)O)cc1. The first-order chi connectivity index (χ1) is 12.6. The molecule has 3 rings (SSSR count). The van der Waals surface area contributed by atoms with Gasteiger partial charge in [-0.2, -0.15) is 0 Å². The maximum atomic E-state index is 12.4. The van der Waals surface area contributed by atoms with Crippen molar-refractivity contribution < 1.29 is 19.4 Å². The maximum Gasteiger partial charge on any atom is 0.335 e. The Morgan fingerprint density at radius 1 is 1.19 bits per heavy atom. The van der Waals surface area contributed by atoms with E-state index in [0.29, 0.717) is 19.4 Å². The number of hydrogen-bond donors (Lipinski definition) is 2. The van der Waals surface area contributed by atoms with E-state index in [9.17, 15) is 9.59 Å². The van der Waals surface area contributed by atoms with Crippen molar-refractivity contribution in [1.29, 1.82) is 0 Å². The molecule has 0 radical (unpaired) electrons. The van der Waals surface area contributed by atoms with Gasteiger partial charge in [0, 0.05) is 18.4 Å². The summed E-state index contributed by atoms with van der Waals surface area (Å²) in [6.07, 6.45) is 2.61. The number of para-hydroxylation sites is 1. The molecule has 2 N–H and O–H groups in total. The van der Waals surface area contributed by atoms with Crippen LogP contribution >= 0.6 is 0 Å². The topological polar surface area (TPSA) is 75.6 Å². The number of ether oxygens (including phenoxy) is 1. The van der Waals surface area contributed by atoms with Crippen molar-refractivity contribution in [2.24, 2.45) is 0 Å². The Bertz CT molecular complexity index is 798. The molecule has 1 aliphatic rings. The molecule has 0 bridgehead atoms. The van der Waals surface area contributed by atoms with Gasteiger partial charge in [0.1, 0.15) is 5.75 Å². The molecule has 0 saturated heterocycles. The Morgan fingerprint density at radius 2 is 1.96 bits per heavy atom. The van der Waals surface area contributed by atoms with E-state index in [1.807, 2.05) is 12.1 Å². The molecule has 5 heteroatoms. The van der Waals surface area contributed by atoms with Crippen LogP contribution in [0.4, 0.5) is 0 Å². The van der Waals surface area contributed by atoms with Gasteiger partial charge in [-0.25, -0.2) is 4.79 Å². The number of hydrogen-bond acceptors (Lipinski definition) is 3. The van der Waals surface area contributed by atoms with Gasteiger partial charge in [-0.05, 0) is 36.1 Å². The Kier molecular flexibility index (Phi) is 5.56. The van der Waals surface area contributed by atoms with Gasteiger partial charge in [-0.3, -0.25) is 4.79 Å². The highest BCUT2D eigenvalue weighted by Gasteiger charge is 2.24. The van der Waals surface area contributed by atoms with Crippen molar-refractivity contribution in [2.75, 3.05) is 6.61 Å². The van der Waals surface area contributed by atoms with Crippen LogP contribution in [0, 0.1) is 0 Å². The number of amides is 1. The summed E-state index contributed by atoms with van der Waals surface area (Å²) in [4.78, 5) is 23.2. The van der Waals surface area contributed by atoms with Gasteiger partial charge < -0.3 is 15.2 Å². The number of aromatic carboxylic acids is 1. The quantitative estimate of drug-likeness (QED) is 0.833. The molecule has 1 amide bonds. The molecular weight excluding hydrogens is 330 g/mol. The van der Waals surface area contributed by atoms with Crippen molar-refractivity contribution in [2.45, 2.75) is 38.6 Å². The maximum absolute atomic E-state index is 12.4. The Morgan fingerprint density at radius 3 is 2.65 bits per heavy atom. The molecule has 1 heterocycles. The normalized spacial score (nSPS) is 15.7. The average Bonchev–Trinajstić information content (AvgIpc) is 2.66. The molecule has 0 saturated carbocycles. The van der Waals surface area contributed by atoms with Crippen molar-refractivity contribution >= 4 is 11.9 Å². The molecule has 0 aliphatic carbocycles.